The summed E-state index contributed by atoms with van der Waals surface area (Å²) in [4.78, 5) is 61.1. The number of rotatable bonds is 7. The Kier molecular flexibility index (Phi) is 8.64. The van der Waals surface area contributed by atoms with Crippen molar-refractivity contribution in [3.8, 4) is 5.75 Å². The second kappa shape index (κ2) is 14.0. The van der Waals surface area contributed by atoms with E-state index in [1.54, 1.807) is 48.5 Å². The highest BCUT2D eigenvalue weighted by Gasteiger charge is 2.71. The number of phenolic OH excluding ortho intramolecular Hbond substituents is 1. The van der Waals surface area contributed by atoms with Gasteiger partial charge in [0.15, 0.2) is 0 Å². The van der Waals surface area contributed by atoms with E-state index in [1.165, 1.54) is 29.2 Å². The number of halogens is 2. The van der Waals surface area contributed by atoms with E-state index >= 15 is 9.59 Å². The van der Waals surface area contributed by atoms with Crippen molar-refractivity contribution >= 4 is 68.8 Å². The van der Waals surface area contributed by atoms with E-state index in [2.05, 4.69) is 10.7 Å². The molecule has 4 amide bonds. The summed E-state index contributed by atoms with van der Waals surface area (Å²) in [7, 11) is 0. The number of hydrazine groups is 1. The van der Waals surface area contributed by atoms with Gasteiger partial charge < -0.3 is 10.4 Å². The van der Waals surface area contributed by atoms with E-state index in [4.69, 9.17) is 11.6 Å². The molecule has 0 spiro atoms. The van der Waals surface area contributed by atoms with Gasteiger partial charge in [-0.3, -0.25) is 29.5 Å². The maximum absolute atomic E-state index is 15.6. The molecule has 11 heteroatoms. The first-order valence-electron chi connectivity index (χ1n) is 19.5. The largest absolute Gasteiger partial charge is 0.508 e. The number of phenols is 1. The van der Waals surface area contributed by atoms with E-state index in [0.717, 1.165) is 21.8 Å². The van der Waals surface area contributed by atoms with Crippen LogP contribution < -0.4 is 15.6 Å². The predicted octanol–water partition coefficient (Wildman–Crippen LogP) is 9.27. The number of benzene rings is 6. The van der Waals surface area contributed by atoms with Gasteiger partial charge in [-0.2, -0.15) is 5.01 Å². The molecule has 1 saturated carbocycles. The van der Waals surface area contributed by atoms with Crippen molar-refractivity contribution in [3.05, 3.63) is 173 Å². The summed E-state index contributed by atoms with van der Waals surface area (Å²) < 4.78 is 14.0. The van der Waals surface area contributed by atoms with Crippen LogP contribution in [-0.4, -0.2) is 33.7 Å². The van der Waals surface area contributed by atoms with E-state index in [-0.39, 0.29) is 30.4 Å². The average molecular weight is 803 g/mol. The molecular formula is C48H36ClFN4O5. The monoisotopic (exact) mass is 802 g/mol. The number of nitrogens with one attached hydrogen (secondary N) is 2. The van der Waals surface area contributed by atoms with E-state index in [1.807, 2.05) is 72.8 Å². The van der Waals surface area contributed by atoms with Gasteiger partial charge in [-0.25, -0.2) is 4.39 Å². The number of carbonyl (C=O) groups excluding carboxylic acids is 4. The Morgan fingerprint density at radius 2 is 1.37 bits per heavy atom. The Balaban J connectivity index is 1.13. The third kappa shape index (κ3) is 5.65. The second-order valence-electron chi connectivity index (χ2n) is 15.6. The summed E-state index contributed by atoms with van der Waals surface area (Å²) in [5, 5.41) is 18.2. The molecule has 3 fully saturated rings. The normalized spacial score (nSPS) is 24.8. The first-order chi connectivity index (χ1) is 28.6. The molecule has 292 valence electrons. The highest BCUT2D eigenvalue weighted by Crippen LogP contribution is 2.65. The molecule has 2 saturated heterocycles. The van der Waals surface area contributed by atoms with Gasteiger partial charge >= 0.3 is 0 Å². The van der Waals surface area contributed by atoms with Crippen LogP contribution in [0.4, 0.5) is 27.1 Å². The highest BCUT2D eigenvalue weighted by molar-refractivity contribution is 6.30. The van der Waals surface area contributed by atoms with Crippen molar-refractivity contribution < 1.29 is 28.7 Å². The van der Waals surface area contributed by atoms with Crippen LogP contribution >= 0.6 is 11.6 Å². The summed E-state index contributed by atoms with van der Waals surface area (Å²) in [6.45, 7) is 0. The van der Waals surface area contributed by atoms with Crippen molar-refractivity contribution in [2.75, 3.05) is 15.6 Å². The fourth-order valence-electron chi connectivity index (χ4n) is 10.2. The van der Waals surface area contributed by atoms with Crippen LogP contribution in [0, 0.1) is 29.5 Å². The molecule has 2 aliphatic heterocycles. The maximum Gasteiger partial charge on any atom is 0.260 e. The molecule has 2 heterocycles. The average Bonchev–Trinajstić information content (AvgIpc) is 3.63. The highest BCUT2D eigenvalue weighted by atomic mass is 35.5. The summed E-state index contributed by atoms with van der Waals surface area (Å²) in [5.74, 6) is -6.59. The molecule has 0 radical (unpaired) electrons. The van der Waals surface area contributed by atoms with Crippen LogP contribution in [-0.2, 0) is 24.6 Å². The zero-order chi connectivity index (χ0) is 40.6. The molecule has 10 rings (SSSR count). The predicted molar refractivity (Wildman–Crippen MR) is 223 cm³/mol. The van der Waals surface area contributed by atoms with E-state index < -0.39 is 52.6 Å². The van der Waals surface area contributed by atoms with E-state index in [9.17, 15) is 19.1 Å². The van der Waals surface area contributed by atoms with Gasteiger partial charge in [-0.05, 0) is 114 Å². The lowest BCUT2D eigenvalue weighted by Crippen LogP contribution is -2.53. The molecule has 4 aliphatic rings. The lowest BCUT2D eigenvalue weighted by atomic mass is 9.48. The van der Waals surface area contributed by atoms with Gasteiger partial charge in [0, 0.05) is 27.9 Å². The third-order valence-corrected chi connectivity index (χ3v) is 12.9. The number of allylic oxidation sites excluding steroid dienone is 2. The van der Waals surface area contributed by atoms with Crippen molar-refractivity contribution in [3.63, 3.8) is 0 Å². The SMILES string of the molecule is O=C1C2CC3C(=CCC4C(=O)N(c5ccc(Nc6ccccc6)cc5)C(=O)C43)C(c3c(O)ccc4ccccc34)C2(c2ccc(Cl)cc2)C(=O)N1Nc1ccc(F)cc1. The Labute approximate surface area is 343 Å². The number of carbonyl (C=O) groups is 4. The van der Waals surface area contributed by atoms with Crippen molar-refractivity contribution in [2.45, 2.75) is 24.2 Å². The Morgan fingerprint density at radius 3 is 2.12 bits per heavy atom. The molecule has 2 aliphatic carbocycles. The molecule has 6 unspecified atom stereocenters. The number of aromatic hydroxyl groups is 1. The standard InChI is InChI=1S/C48H36ClFN4O5/c49-29-13-11-28(12-14-29)48-39(45(57)54(47(48)59)52-33-17-15-30(50)16-18-33)26-38-36(43(48)42-35-9-5-4-6-27(35)10-25-40(42)55)23-24-37-41(38)46(58)53(44(37)56)34-21-19-32(20-22-34)51-31-7-2-1-3-8-31/h1-23,25,37-39,41,43,51-52,55H,24,26H2. The number of hydrogen-bond donors (Lipinski definition) is 3. The minimum absolute atomic E-state index is 0.0661. The lowest BCUT2D eigenvalue weighted by Gasteiger charge is -2.51. The number of nitrogens with zero attached hydrogens (tertiary/aromatic N) is 2. The summed E-state index contributed by atoms with van der Waals surface area (Å²) in [6, 6.07) is 39.9. The quantitative estimate of drug-likeness (QED) is 0.109. The Hall–Kier alpha value is -6.78. The lowest BCUT2D eigenvalue weighted by molar-refractivity contribution is -0.138. The molecule has 3 N–H and O–H groups in total. The Bertz CT molecular complexity index is 2730. The topological polar surface area (TPSA) is 119 Å². The number of amides is 4. The molecular weight excluding hydrogens is 767 g/mol. The number of anilines is 4. The number of fused-ring (bicyclic) bond motifs is 5. The Morgan fingerprint density at radius 1 is 0.695 bits per heavy atom. The van der Waals surface area contributed by atoms with Gasteiger partial charge in [0.25, 0.3) is 11.8 Å². The van der Waals surface area contributed by atoms with Crippen LogP contribution in [0.5, 0.6) is 5.75 Å². The molecule has 0 aromatic heterocycles. The zero-order valence-electron chi connectivity index (χ0n) is 31.4. The minimum Gasteiger partial charge on any atom is -0.508 e. The molecule has 6 aromatic carbocycles. The van der Waals surface area contributed by atoms with Gasteiger partial charge in [-0.1, -0.05) is 83.9 Å². The molecule has 6 aromatic rings. The number of imide groups is 2. The second-order valence-corrected chi connectivity index (χ2v) is 16.1. The summed E-state index contributed by atoms with van der Waals surface area (Å²) in [5.41, 5.74) is 5.42. The van der Waals surface area contributed by atoms with Crippen molar-refractivity contribution in [1.29, 1.82) is 0 Å². The van der Waals surface area contributed by atoms with Gasteiger partial charge in [0.2, 0.25) is 11.8 Å². The number of hydrogen-bond acceptors (Lipinski definition) is 7. The molecule has 9 nitrogen and oxygen atoms in total. The van der Waals surface area contributed by atoms with E-state index in [0.29, 0.717) is 38.5 Å². The van der Waals surface area contributed by atoms with Crippen molar-refractivity contribution in [2.24, 2.45) is 23.7 Å². The van der Waals surface area contributed by atoms with Gasteiger partial charge in [0.1, 0.15) is 11.6 Å². The smallest absolute Gasteiger partial charge is 0.260 e. The van der Waals surface area contributed by atoms with Crippen LogP contribution in [0.1, 0.15) is 29.9 Å². The third-order valence-electron chi connectivity index (χ3n) is 12.7. The molecule has 0 bridgehead atoms. The number of para-hydroxylation sites is 1. The van der Waals surface area contributed by atoms with Crippen molar-refractivity contribution in [1.82, 2.24) is 5.01 Å². The van der Waals surface area contributed by atoms with Crippen LogP contribution in [0.25, 0.3) is 10.8 Å². The van der Waals surface area contributed by atoms with Crippen LogP contribution in [0.2, 0.25) is 5.02 Å². The fraction of sp³-hybridized carbons (Fsp3) is 0.167. The molecule has 59 heavy (non-hydrogen) atoms. The van der Waals surface area contributed by atoms with Crippen LogP contribution in [0.15, 0.2) is 151 Å². The minimum atomic E-state index is -1.64. The first kappa shape index (κ1) is 36.6. The van der Waals surface area contributed by atoms with Crippen LogP contribution in [0.3, 0.4) is 0 Å². The fourth-order valence-corrected chi connectivity index (χ4v) is 10.3. The van der Waals surface area contributed by atoms with Gasteiger partial charge in [0.05, 0.1) is 34.5 Å². The zero-order valence-corrected chi connectivity index (χ0v) is 32.1. The summed E-state index contributed by atoms with van der Waals surface area (Å²) in [6.07, 6.45) is 2.24. The summed E-state index contributed by atoms with van der Waals surface area (Å²) >= 11 is 6.44. The maximum atomic E-state index is 15.6. The first-order valence-corrected chi connectivity index (χ1v) is 19.9. The van der Waals surface area contributed by atoms with Gasteiger partial charge in [-0.15, -0.1) is 0 Å². The molecule has 6 atom stereocenters.